The van der Waals surface area contributed by atoms with Crippen LogP contribution in [-0.2, 0) is 12.8 Å². The molecule has 1 aliphatic heterocycles. The Morgan fingerprint density at radius 3 is 2.38 bits per heavy atom. The molecular formula is C20H25NO3. The summed E-state index contributed by atoms with van der Waals surface area (Å²) >= 11 is 0. The maximum absolute atomic E-state index is 9.50. The van der Waals surface area contributed by atoms with Crippen LogP contribution in [0.25, 0.3) is 0 Å². The van der Waals surface area contributed by atoms with Gasteiger partial charge in [0.25, 0.3) is 0 Å². The monoisotopic (exact) mass is 327 g/mol. The summed E-state index contributed by atoms with van der Waals surface area (Å²) < 4.78 is 11.0. The molecule has 0 unspecified atom stereocenters. The number of nitrogens with zero attached hydrogens (tertiary/aromatic N) is 1. The number of hydrogen-bond donors (Lipinski definition) is 1. The smallest absolute Gasteiger partial charge is 0.161 e. The van der Waals surface area contributed by atoms with Crippen LogP contribution in [0.5, 0.6) is 17.2 Å². The van der Waals surface area contributed by atoms with Gasteiger partial charge in [-0.05, 0) is 60.3 Å². The molecule has 24 heavy (non-hydrogen) atoms. The Labute approximate surface area is 143 Å². The number of phenolic OH excluding ortho intramolecular Hbond substituents is 1. The molecule has 3 rings (SSSR count). The molecule has 1 N–H and O–H groups in total. The number of rotatable bonds is 5. The zero-order chi connectivity index (χ0) is 17.1. The Kier molecular flexibility index (Phi) is 4.95. The largest absolute Gasteiger partial charge is 0.508 e. The van der Waals surface area contributed by atoms with Gasteiger partial charge >= 0.3 is 0 Å². The lowest BCUT2D eigenvalue weighted by atomic mass is 9.88. The number of methoxy groups -OCH3 is 2. The molecule has 0 saturated heterocycles. The molecule has 2 aromatic carbocycles. The average molecular weight is 327 g/mol. The zero-order valence-electron chi connectivity index (χ0n) is 14.6. The van der Waals surface area contributed by atoms with Gasteiger partial charge in [0.15, 0.2) is 11.5 Å². The van der Waals surface area contributed by atoms with Crippen LogP contribution in [0.15, 0.2) is 36.4 Å². The highest BCUT2D eigenvalue weighted by atomic mass is 16.5. The van der Waals surface area contributed by atoms with E-state index in [2.05, 4.69) is 24.0 Å². The van der Waals surface area contributed by atoms with Crippen molar-refractivity contribution in [1.82, 2.24) is 4.90 Å². The first-order valence-corrected chi connectivity index (χ1v) is 8.43. The molecule has 0 radical (unpaired) electrons. The van der Waals surface area contributed by atoms with Gasteiger partial charge in [0.05, 0.1) is 14.2 Å². The molecule has 128 valence electrons. The van der Waals surface area contributed by atoms with Crippen molar-refractivity contribution in [3.05, 3.63) is 53.1 Å². The van der Waals surface area contributed by atoms with Gasteiger partial charge < -0.3 is 14.6 Å². The molecule has 2 aromatic rings. The predicted octanol–water partition coefficient (Wildman–Crippen LogP) is 3.57. The Hall–Kier alpha value is -2.20. The third-order valence-electron chi connectivity index (χ3n) is 4.89. The van der Waals surface area contributed by atoms with Gasteiger partial charge in [0.2, 0.25) is 0 Å². The number of phenols is 1. The summed E-state index contributed by atoms with van der Waals surface area (Å²) in [5, 5.41) is 9.50. The first kappa shape index (κ1) is 16.7. The molecule has 1 aliphatic rings. The van der Waals surface area contributed by atoms with E-state index in [0.717, 1.165) is 37.4 Å². The van der Waals surface area contributed by atoms with E-state index in [1.165, 1.54) is 16.7 Å². The maximum atomic E-state index is 9.50. The molecule has 0 bridgehead atoms. The third-order valence-corrected chi connectivity index (χ3v) is 4.89. The molecular weight excluding hydrogens is 302 g/mol. The van der Waals surface area contributed by atoms with Crippen molar-refractivity contribution >= 4 is 0 Å². The lowest BCUT2D eigenvalue weighted by Crippen LogP contribution is -2.36. The average Bonchev–Trinajstić information content (AvgIpc) is 2.62. The number of aromatic hydroxyl groups is 1. The van der Waals surface area contributed by atoms with E-state index in [4.69, 9.17) is 9.47 Å². The summed E-state index contributed by atoms with van der Waals surface area (Å²) in [6.45, 7) is 4.26. The standard InChI is InChI=1S/C20H25NO3/c1-4-21-10-9-15-12-19(23-2)20(24-3)13-17(15)18(21)11-14-5-7-16(22)8-6-14/h5-8,12-13,18,22H,4,9-11H2,1-3H3/t18-/m0/s1. The highest BCUT2D eigenvalue weighted by Gasteiger charge is 2.28. The Bertz CT molecular complexity index is 697. The first-order valence-electron chi connectivity index (χ1n) is 8.43. The van der Waals surface area contributed by atoms with Gasteiger partial charge in [-0.1, -0.05) is 19.1 Å². The number of benzene rings is 2. The molecule has 0 saturated carbocycles. The Balaban J connectivity index is 1.99. The van der Waals surface area contributed by atoms with E-state index < -0.39 is 0 Å². The highest BCUT2D eigenvalue weighted by molar-refractivity contribution is 5.50. The summed E-state index contributed by atoms with van der Waals surface area (Å²) in [5.74, 6) is 1.89. The summed E-state index contributed by atoms with van der Waals surface area (Å²) in [7, 11) is 3.36. The van der Waals surface area contributed by atoms with Crippen LogP contribution >= 0.6 is 0 Å². The molecule has 0 spiro atoms. The van der Waals surface area contributed by atoms with Gasteiger partial charge in [-0.2, -0.15) is 0 Å². The van der Waals surface area contributed by atoms with Gasteiger partial charge in [0.1, 0.15) is 5.75 Å². The molecule has 0 aromatic heterocycles. The van der Waals surface area contributed by atoms with Gasteiger partial charge in [-0.3, -0.25) is 4.90 Å². The van der Waals surface area contributed by atoms with Crippen molar-refractivity contribution < 1.29 is 14.6 Å². The molecule has 0 amide bonds. The van der Waals surface area contributed by atoms with E-state index in [9.17, 15) is 5.11 Å². The van der Waals surface area contributed by atoms with Crippen LogP contribution in [0.3, 0.4) is 0 Å². The van der Waals surface area contributed by atoms with E-state index in [0.29, 0.717) is 11.8 Å². The normalized spacial score (nSPS) is 17.4. The van der Waals surface area contributed by atoms with E-state index in [-0.39, 0.29) is 0 Å². The quantitative estimate of drug-likeness (QED) is 0.911. The van der Waals surface area contributed by atoms with Crippen LogP contribution < -0.4 is 9.47 Å². The highest BCUT2D eigenvalue weighted by Crippen LogP contribution is 2.39. The van der Waals surface area contributed by atoms with Crippen molar-refractivity contribution in [2.75, 3.05) is 27.3 Å². The second kappa shape index (κ2) is 7.14. The van der Waals surface area contributed by atoms with Crippen LogP contribution in [0.1, 0.15) is 29.7 Å². The Morgan fingerprint density at radius 1 is 1.08 bits per heavy atom. The lowest BCUT2D eigenvalue weighted by Gasteiger charge is -2.37. The van der Waals surface area contributed by atoms with Crippen LogP contribution in [-0.4, -0.2) is 37.3 Å². The first-order chi connectivity index (χ1) is 11.7. The van der Waals surface area contributed by atoms with Gasteiger partial charge in [-0.15, -0.1) is 0 Å². The molecule has 0 aliphatic carbocycles. The number of ether oxygens (including phenoxy) is 2. The maximum Gasteiger partial charge on any atom is 0.161 e. The summed E-state index contributed by atoms with van der Waals surface area (Å²) in [6, 6.07) is 12.1. The lowest BCUT2D eigenvalue weighted by molar-refractivity contribution is 0.193. The molecule has 1 heterocycles. The third kappa shape index (κ3) is 3.20. The topological polar surface area (TPSA) is 41.9 Å². The molecule has 4 nitrogen and oxygen atoms in total. The van der Waals surface area contributed by atoms with Crippen LogP contribution in [0.2, 0.25) is 0 Å². The van der Waals surface area contributed by atoms with Crippen molar-refractivity contribution in [1.29, 1.82) is 0 Å². The van der Waals surface area contributed by atoms with Crippen LogP contribution in [0, 0.1) is 0 Å². The SMILES string of the molecule is CCN1CCc2cc(OC)c(OC)cc2[C@@H]1Cc1ccc(O)cc1. The number of hydrogen-bond acceptors (Lipinski definition) is 4. The fraction of sp³-hybridized carbons (Fsp3) is 0.400. The predicted molar refractivity (Wildman–Crippen MR) is 95.0 cm³/mol. The molecule has 1 atom stereocenters. The molecule has 4 heteroatoms. The van der Waals surface area contributed by atoms with Crippen molar-refractivity contribution in [2.24, 2.45) is 0 Å². The second-order valence-electron chi connectivity index (χ2n) is 6.17. The zero-order valence-corrected chi connectivity index (χ0v) is 14.6. The minimum atomic E-state index is 0.307. The van der Waals surface area contributed by atoms with Gasteiger partial charge in [0, 0.05) is 12.6 Å². The fourth-order valence-corrected chi connectivity index (χ4v) is 3.55. The van der Waals surface area contributed by atoms with Gasteiger partial charge in [-0.25, -0.2) is 0 Å². The van der Waals surface area contributed by atoms with Crippen molar-refractivity contribution in [3.8, 4) is 17.2 Å². The van der Waals surface area contributed by atoms with Crippen LogP contribution in [0.4, 0.5) is 0 Å². The summed E-state index contributed by atoms with van der Waals surface area (Å²) in [6.07, 6.45) is 1.94. The minimum absolute atomic E-state index is 0.307. The van der Waals surface area contributed by atoms with Crippen molar-refractivity contribution in [3.63, 3.8) is 0 Å². The number of likely N-dealkylation sites (N-methyl/N-ethyl adjacent to an activating group) is 1. The second-order valence-corrected chi connectivity index (χ2v) is 6.17. The summed E-state index contributed by atoms with van der Waals surface area (Å²) in [5.41, 5.74) is 3.87. The fourth-order valence-electron chi connectivity index (χ4n) is 3.55. The number of fused-ring (bicyclic) bond motifs is 1. The van der Waals surface area contributed by atoms with E-state index in [1.807, 2.05) is 12.1 Å². The minimum Gasteiger partial charge on any atom is -0.508 e. The van der Waals surface area contributed by atoms with Crippen molar-refractivity contribution in [2.45, 2.75) is 25.8 Å². The van der Waals surface area contributed by atoms with E-state index in [1.54, 1.807) is 26.4 Å². The molecule has 0 fully saturated rings. The Morgan fingerprint density at radius 2 is 1.75 bits per heavy atom. The van der Waals surface area contributed by atoms with E-state index >= 15 is 0 Å². The summed E-state index contributed by atoms with van der Waals surface area (Å²) in [4.78, 5) is 2.50.